The van der Waals surface area contributed by atoms with Gasteiger partial charge in [-0.25, -0.2) is 0 Å². The summed E-state index contributed by atoms with van der Waals surface area (Å²) in [4.78, 5) is 17.4. The summed E-state index contributed by atoms with van der Waals surface area (Å²) in [5.41, 5.74) is 0. The Balaban J connectivity index is 4.13. The van der Waals surface area contributed by atoms with E-state index in [1.54, 1.807) is 5.18 Å². The lowest BCUT2D eigenvalue weighted by molar-refractivity contribution is -0.354. The number of rotatable bonds is 0. The minimum absolute atomic E-state index is 1.20. The third-order valence-electron chi connectivity index (χ3n) is 0.334. The van der Waals surface area contributed by atoms with Crippen LogP contribution in [0, 0.1) is 15.0 Å². The van der Waals surface area contributed by atoms with E-state index < -0.39 is 10.9 Å². The fraction of sp³-hybridized carbons (Fsp3) is 0. The van der Waals surface area contributed by atoms with E-state index >= 15 is 0 Å². The Morgan fingerprint density at radius 3 is 2.25 bits per heavy atom. The van der Waals surface area contributed by atoms with E-state index in [4.69, 9.17) is 5.21 Å². The standard InChI is InChI=1S/CHN3O4/c5-2-1(3-6)4(7)8/h5H. The molecule has 0 aliphatic rings. The molecule has 0 heterocycles. The van der Waals surface area contributed by atoms with Gasteiger partial charge in [-0.3, -0.25) is 0 Å². The minimum atomic E-state index is -1.34. The van der Waals surface area contributed by atoms with Crippen molar-refractivity contribution in [3.05, 3.63) is 15.0 Å². The summed E-state index contributed by atoms with van der Waals surface area (Å²) < 4.78 is 0. The molecular weight excluding hydrogens is 118 g/mol. The van der Waals surface area contributed by atoms with Crippen LogP contribution in [0.1, 0.15) is 0 Å². The second-order valence-corrected chi connectivity index (χ2v) is 0.748. The Kier molecular flexibility index (Phi) is 2.11. The largest absolute Gasteiger partial charge is 0.547 e. The molecule has 0 fully saturated rings. The third kappa shape index (κ3) is 1.29. The predicted molar refractivity (Wildman–Crippen MR) is 22.0 cm³/mol. The smallest absolute Gasteiger partial charge is 0.390 e. The number of nitroso groups, excluding NO2 is 1. The molecule has 0 spiro atoms. The van der Waals surface area contributed by atoms with Gasteiger partial charge < -0.3 is 15.3 Å². The molecule has 44 valence electrons. The maximum absolute atomic E-state index is 9.38. The summed E-state index contributed by atoms with van der Waals surface area (Å²) in [7, 11) is 0. The highest BCUT2D eigenvalue weighted by Crippen LogP contribution is 1.77. The van der Waals surface area contributed by atoms with Gasteiger partial charge in [0.1, 0.15) is 5.16 Å². The van der Waals surface area contributed by atoms with Crippen molar-refractivity contribution in [3.63, 3.8) is 0 Å². The first-order chi connectivity index (χ1) is 3.72. The van der Waals surface area contributed by atoms with Crippen LogP contribution in [0.25, 0.3) is 0 Å². The van der Waals surface area contributed by atoms with Crippen LogP contribution < -0.4 is 0 Å². The first kappa shape index (κ1) is 6.47. The summed E-state index contributed by atoms with van der Waals surface area (Å²) in [6, 6.07) is 0. The van der Waals surface area contributed by atoms with Gasteiger partial charge in [-0.15, -0.1) is 0 Å². The first-order valence-corrected chi connectivity index (χ1v) is 1.42. The van der Waals surface area contributed by atoms with Gasteiger partial charge in [-0.2, -0.15) is 0 Å². The summed E-state index contributed by atoms with van der Waals surface area (Å²) in [5, 5.41) is 20.6. The van der Waals surface area contributed by atoms with Gasteiger partial charge in [-0.1, -0.05) is 4.91 Å². The normalized spacial score (nSPS) is 10.8. The number of nitrogens with zero attached hydrogens (tertiary/aromatic N) is 3. The van der Waals surface area contributed by atoms with E-state index in [0.29, 0.717) is 0 Å². The molecule has 7 heteroatoms. The van der Waals surface area contributed by atoms with Crippen LogP contribution in [0.2, 0.25) is 0 Å². The SMILES string of the molecule is O=NC(=NO)[N+](=O)[O-]. The maximum atomic E-state index is 9.38. The molecule has 0 atom stereocenters. The van der Waals surface area contributed by atoms with Crippen LogP contribution in [0.3, 0.4) is 0 Å². The van der Waals surface area contributed by atoms with Crippen LogP contribution >= 0.6 is 0 Å². The zero-order valence-corrected chi connectivity index (χ0v) is 3.51. The molecule has 0 aromatic rings. The number of oxime groups is 1. The van der Waals surface area contributed by atoms with Crippen LogP contribution in [0.4, 0.5) is 0 Å². The molecular formula is CHN3O4. The molecule has 0 bridgehead atoms. The van der Waals surface area contributed by atoms with E-state index in [0.717, 1.165) is 0 Å². The minimum Gasteiger partial charge on any atom is -0.390 e. The Morgan fingerprint density at radius 2 is 2.25 bits per heavy atom. The topological polar surface area (TPSA) is 105 Å². The van der Waals surface area contributed by atoms with Crippen molar-refractivity contribution in [1.82, 2.24) is 0 Å². The van der Waals surface area contributed by atoms with Crippen molar-refractivity contribution in [2.45, 2.75) is 0 Å². The Labute approximate surface area is 42.7 Å². The van der Waals surface area contributed by atoms with Crippen molar-refractivity contribution in [2.24, 2.45) is 10.3 Å². The molecule has 8 heavy (non-hydrogen) atoms. The average molecular weight is 119 g/mol. The molecule has 0 aromatic heterocycles. The second-order valence-electron chi connectivity index (χ2n) is 0.748. The zero-order valence-electron chi connectivity index (χ0n) is 3.51. The molecule has 0 saturated carbocycles. The molecule has 0 rings (SSSR count). The van der Waals surface area contributed by atoms with Gasteiger partial charge in [0.25, 0.3) is 0 Å². The van der Waals surface area contributed by atoms with Crippen LogP contribution in [0.5, 0.6) is 0 Å². The molecule has 1 N–H and O–H groups in total. The quantitative estimate of drug-likeness (QED) is 0.119. The number of guanidine groups is 1. The van der Waals surface area contributed by atoms with Gasteiger partial charge in [-0.05, 0) is 4.92 Å². The van der Waals surface area contributed by atoms with Gasteiger partial charge in [0, 0.05) is 0 Å². The Morgan fingerprint density at radius 1 is 1.75 bits per heavy atom. The summed E-state index contributed by atoms with van der Waals surface area (Å²) in [6.07, 6.45) is 0. The Bertz CT molecular complexity index is 138. The molecule has 0 aromatic carbocycles. The average Bonchev–Trinajstić information content (AvgIpc) is 1.69. The van der Waals surface area contributed by atoms with Crippen molar-refractivity contribution in [1.29, 1.82) is 0 Å². The monoisotopic (exact) mass is 119 g/mol. The van der Waals surface area contributed by atoms with Crippen LogP contribution in [0.15, 0.2) is 10.3 Å². The fourth-order valence-corrected chi connectivity index (χ4v) is 0.0881. The third-order valence-corrected chi connectivity index (χ3v) is 0.334. The lowest BCUT2D eigenvalue weighted by Crippen LogP contribution is -2.06. The van der Waals surface area contributed by atoms with E-state index in [-0.39, 0.29) is 0 Å². The lowest BCUT2D eigenvalue weighted by atomic mass is 11.1. The van der Waals surface area contributed by atoms with Gasteiger partial charge in [0.15, 0.2) is 5.18 Å². The zero-order chi connectivity index (χ0) is 6.57. The summed E-state index contributed by atoms with van der Waals surface area (Å²) in [6.45, 7) is 0. The van der Waals surface area contributed by atoms with Gasteiger partial charge in [0.2, 0.25) is 0 Å². The van der Waals surface area contributed by atoms with Crippen molar-refractivity contribution in [3.8, 4) is 0 Å². The molecule has 0 unspecified atom stereocenters. The first-order valence-electron chi connectivity index (χ1n) is 1.42. The number of hydrogen-bond acceptors (Lipinski definition) is 5. The van der Waals surface area contributed by atoms with E-state index in [1.807, 2.05) is 5.16 Å². The summed E-state index contributed by atoms with van der Waals surface area (Å²) >= 11 is 0. The summed E-state index contributed by atoms with van der Waals surface area (Å²) in [5.74, 6) is -1.34. The molecule has 0 aliphatic carbocycles. The fourth-order valence-electron chi connectivity index (χ4n) is 0.0881. The maximum Gasteiger partial charge on any atom is 0.547 e. The van der Waals surface area contributed by atoms with Gasteiger partial charge in [0.05, 0.1) is 0 Å². The number of hydrogen-bond donors (Lipinski definition) is 1. The highest BCUT2D eigenvalue weighted by Gasteiger charge is 2.11. The van der Waals surface area contributed by atoms with E-state index in [2.05, 4.69) is 0 Å². The Hall–Kier alpha value is -1.53. The van der Waals surface area contributed by atoms with Crippen LogP contribution in [-0.4, -0.2) is 16.1 Å². The highest BCUT2D eigenvalue weighted by atomic mass is 16.6. The predicted octanol–water partition coefficient (Wildman–Crippen LogP) is -0.225. The molecule has 7 nitrogen and oxygen atoms in total. The van der Waals surface area contributed by atoms with Crippen molar-refractivity contribution >= 4 is 5.96 Å². The second kappa shape index (κ2) is 2.61. The van der Waals surface area contributed by atoms with Crippen molar-refractivity contribution in [2.75, 3.05) is 0 Å². The molecule has 0 saturated heterocycles. The van der Waals surface area contributed by atoms with Gasteiger partial charge >= 0.3 is 5.96 Å². The number of nitro groups is 1. The molecule has 0 aliphatic heterocycles. The lowest BCUT2D eigenvalue weighted by Gasteiger charge is -1.81. The van der Waals surface area contributed by atoms with E-state index in [9.17, 15) is 15.0 Å². The molecule has 0 radical (unpaired) electrons. The highest BCUT2D eigenvalue weighted by molar-refractivity contribution is 5.71. The van der Waals surface area contributed by atoms with E-state index in [1.165, 1.54) is 0 Å². The molecule has 0 amide bonds. The van der Waals surface area contributed by atoms with Crippen LogP contribution in [-0.2, 0) is 0 Å². The van der Waals surface area contributed by atoms with Crippen molar-refractivity contribution < 1.29 is 10.1 Å².